The Kier molecular flexibility index (Phi) is 3.64. The van der Waals surface area contributed by atoms with Crippen molar-refractivity contribution in [1.29, 1.82) is 0 Å². The number of nitrogens with one attached hydrogen (secondary N) is 2. The van der Waals surface area contributed by atoms with Crippen LogP contribution in [0.15, 0.2) is 22.9 Å². The van der Waals surface area contributed by atoms with Crippen LogP contribution in [0.25, 0.3) is 11.6 Å². The van der Waals surface area contributed by atoms with Gasteiger partial charge in [0.2, 0.25) is 0 Å². The summed E-state index contributed by atoms with van der Waals surface area (Å²) in [4.78, 5) is 7.59. The SMILES string of the molecule is Cc1ccoc1-c1ncc(CNCC(C)C)[nH]1. The first-order valence-electron chi connectivity index (χ1n) is 5.96. The van der Waals surface area contributed by atoms with Crippen molar-refractivity contribution in [3.63, 3.8) is 0 Å². The molecule has 0 bridgehead atoms. The minimum absolute atomic E-state index is 0.657. The Morgan fingerprint density at radius 1 is 1.47 bits per heavy atom. The molecule has 0 aromatic carbocycles. The van der Waals surface area contributed by atoms with Crippen LogP contribution in [-0.2, 0) is 6.54 Å². The van der Waals surface area contributed by atoms with Crippen LogP contribution in [0.5, 0.6) is 0 Å². The number of furan rings is 1. The van der Waals surface area contributed by atoms with Crippen molar-refractivity contribution >= 4 is 0 Å². The Morgan fingerprint density at radius 2 is 2.29 bits per heavy atom. The highest BCUT2D eigenvalue weighted by Gasteiger charge is 2.09. The van der Waals surface area contributed by atoms with Gasteiger partial charge in [-0.15, -0.1) is 0 Å². The second-order valence-corrected chi connectivity index (χ2v) is 4.71. The molecule has 0 fully saturated rings. The van der Waals surface area contributed by atoms with E-state index in [1.54, 1.807) is 6.26 Å². The lowest BCUT2D eigenvalue weighted by Gasteiger charge is -2.05. The molecule has 2 rings (SSSR count). The highest BCUT2D eigenvalue weighted by Crippen LogP contribution is 2.20. The Bertz CT molecular complexity index is 470. The third-order valence-corrected chi connectivity index (χ3v) is 2.57. The van der Waals surface area contributed by atoms with Gasteiger partial charge >= 0.3 is 0 Å². The van der Waals surface area contributed by atoms with E-state index in [1.165, 1.54) is 0 Å². The van der Waals surface area contributed by atoms with Crippen LogP contribution in [0, 0.1) is 12.8 Å². The number of aryl methyl sites for hydroxylation is 1. The van der Waals surface area contributed by atoms with E-state index in [2.05, 4.69) is 29.1 Å². The fourth-order valence-electron chi connectivity index (χ4n) is 1.68. The molecule has 2 aromatic rings. The molecule has 0 spiro atoms. The maximum absolute atomic E-state index is 5.39. The number of imidazole rings is 1. The summed E-state index contributed by atoms with van der Waals surface area (Å²) in [6.07, 6.45) is 3.54. The summed E-state index contributed by atoms with van der Waals surface area (Å²) in [5.74, 6) is 2.28. The molecule has 0 radical (unpaired) electrons. The van der Waals surface area contributed by atoms with Crippen LogP contribution in [0.1, 0.15) is 25.1 Å². The van der Waals surface area contributed by atoms with Gasteiger partial charge in [-0.2, -0.15) is 0 Å². The van der Waals surface area contributed by atoms with E-state index >= 15 is 0 Å². The molecule has 0 saturated heterocycles. The second kappa shape index (κ2) is 5.19. The first-order chi connectivity index (χ1) is 8.16. The molecule has 0 aliphatic rings. The Hall–Kier alpha value is -1.55. The Balaban J connectivity index is 1.99. The van der Waals surface area contributed by atoms with E-state index in [-0.39, 0.29) is 0 Å². The van der Waals surface area contributed by atoms with Gasteiger partial charge < -0.3 is 14.7 Å². The average Bonchev–Trinajstić information content (AvgIpc) is 2.86. The van der Waals surface area contributed by atoms with Gasteiger partial charge in [0.05, 0.1) is 12.5 Å². The minimum atomic E-state index is 0.657. The molecular weight excluding hydrogens is 214 g/mol. The fourth-order valence-corrected chi connectivity index (χ4v) is 1.68. The average molecular weight is 233 g/mol. The lowest BCUT2D eigenvalue weighted by atomic mass is 10.2. The van der Waals surface area contributed by atoms with E-state index in [0.29, 0.717) is 5.92 Å². The van der Waals surface area contributed by atoms with E-state index in [4.69, 9.17) is 4.42 Å². The lowest BCUT2D eigenvalue weighted by molar-refractivity contribution is 0.548. The number of rotatable bonds is 5. The van der Waals surface area contributed by atoms with Crippen molar-refractivity contribution < 1.29 is 4.42 Å². The standard InChI is InChI=1S/C13H19N3O/c1-9(2)6-14-7-11-8-15-13(16-11)12-10(3)4-5-17-12/h4-5,8-9,14H,6-7H2,1-3H3,(H,15,16). The second-order valence-electron chi connectivity index (χ2n) is 4.71. The highest BCUT2D eigenvalue weighted by molar-refractivity contribution is 5.52. The van der Waals surface area contributed by atoms with Gasteiger partial charge in [0, 0.05) is 12.2 Å². The maximum atomic E-state index is 5.39. The van der Waals surface area contributed by atoms with Crippen LogP contribution < -0.4 is 5.32 Å². The molecule has 2 heterocycles. The summed E-state index contributed by atoms with van der Waals surface area (Å²) in [6, 6.07) is 1.94. The molecule has 0 unspecified atom stereocenters. The van der Waals surface area contributed by atoms with Gasteiger partial charge in [0.1, 0.15) is 0 Å². The molecule has 0 atom stereocenters. The first kappa shape index (κ1) is 11.9. The zero-order valence-corrected chi connectivity index (χ0v) is 10.6. The third kappa shape index (κ3) is 2.97. The summed E-state index contributed by atoms with van der Waals surface area (Å²) in [7, 11) is 0. The van der Waals surface area contributed by atoms with Crippen LogP contribution >= 0.6 is 0 Å². The number of hydrogen-bond acceptors (Lipinski definition) is 3. The highest BCUT2D eigenvalue weighted by atomic mass is 16.3. The molecule has 0 saturated carbocycles. The zero-order chi connectivity index (χ0) is 12.3. The van der Waals surface area contributed by atoms with Gasteiger partial charge in [-0.05, 0) is 31.0 Å². The summed E-state index contributed by atoms with van der Waals surface area (Å²) in [5.41, 5.74) is 2.18. The Labute approximate surface area is 101 Å². The minimum Gasteiger partial charge on any atom is -0.461 e. The van der Waals surface area contributed by atoms with Gasteiger partial charge in [0.15, 0.2) is 11.6 Å². The van der Waals surface area contributed by atoms with Crippen molar-refractivity contribution in [3.05, 3.63) is 29.8 Å². The maximum Gasteiger partial charge on any atom is 0.174 e. The van der Waals surface area contributed by atoms with Gasteiger partial charge in [-0.1, -0.05) is 13.8 Å². The summed E-state index contributed by atoms with van der Waals surface area (Å²) in [5, 5.41) is 3.37. The van der Waals surface area contributed by atoms with Crippen molar-refractivity contribution in [3.8, 4) is 11.6 Å². The van der Waals surface area contributed by atoms with E-state index in [9.17, 15) is 0 Å². The normalized spacial score (nSPS) is 11.3. The van der Waals surface area contributed by atoms with Crippen molar-refractivity contribution in [2.24, 2.45) is 5.92 Å². The summed E-state index contributed by atoms with van der Waals surface area (Å²) < 4.78 is 5.39. The molecule has 17 heavy (non-hydrogen) atoms. The fraction of sp³-hybridized carbons (Fsp3) is 0.462. The van der Waals surface area contributed by atoms with Crippen molar-refractivity contribution in [1.82, 2.24) is 15.3 Å². The van der Waals surface area contributed by atoms with E-state index < -0.39 is 0 Å². The molecule has 0 aliphatic heterocycles. The third-order valence-electron chi connectivity index (χ3n) is 2.57. The smallest absolute Gasteiger partial charge is 0.174 e. The predicted molar refractivity (Wildman–Crippen MR) is 67.6 cm³/mol. The molecule has 4 nitrogen and oxygen atoms in total. The summed E-state index contributed by atoms with van der Waals surface area (Å²) in [6.45, 7) is 8.21. The van der Waals surface area contributed by atoms with Crippen LogP contribution in [0.2, 0.25) is 0 Å². The Morgan fingerprint density at radius 3 is 2.94 bits per heavy atom. The largest absolute Gasteiger partial charge is 0.461 e. The number of nitrogens with zero attached hydrogens (tertiary/aromatic N) is 1. The number of aromatic nitrogens is 2. The van der Waals surface area contributed by atoms with Gasteiger partial charge in [-0.3, -0.25) is 0 Å². The van der Waals surface area contributed by atoms with Crippen molar-refractivity contribution in [2.45, 2.75) is 27.3 Å². The molecule has 4 heteroatoms. The lowest BCUT2D eigenvalue weighted by Crippen LogP contribution is -2.19. The van der Waals surface area contributed by atoms with E-state index in [0.717, 1.165) is 35.9 Å². The summed E-state index contributed by atoms with van der Waals surface area (Å²) >= 11 is 0. The van der Waals surface area contributed by atoms with Crippen LogP contribution in [-0.4, -0.2) is 16.5 Å². The first-order valence-corrected chi connectivity index (χ1v) is 5.96. The van der Waals surface area contributed by atoms with Crippen LogP contribution in [0.4, 0.5) is 0 Å². The topological polar surface area (TPSA) is 53.9 Å². The van der Waals surface area contributed by atoms with Crippen LogP contribution in [0.3, 0.4) is 0 Å². The number of aromatic amines is 1. The molecular formula is C13H19N3O. The van der Waals surface area contributed by atoms with Gasteiger partial charge in [0.25, 0.3) is 0 Å². The zero-order valence-electron chi connectivity index (χ0n) is 10.6. The van der Waals surface area contributed by atoms with Crippen molar-refractivity contribution in [2.75, 3.05) is 6.54 Å². The molecule has 0 aliphatic carbocycles. The quantitative estimate of drug-likeness (QED) is 0.835. The monoisotopic (exact) mass is 233 g/mol. The number of H-pyrrole nitrogens is 1. The molecule has 0 amide bonds. The van der Waals surface area contributed by atoms with Gasteiger partial charge in [-0.25, -0.2) is 4.98 Å². The molecule has 92 valence electrons. The number of hydrogen-bond donors (Lipinski definition) is 2. The molecule has 2 N–H and O–H groups in total. The molecule has 2 aromatic heterocycles. The van der Waals surface area contributed by atoms with E-state index in [1.807, 2.05) is 19.2 Å². The predicted octanol–water partition coefficient (Wildman–Crippen LogP) is 2.72.